The second-order valence-electron chi connectivity index (χ2n) is 3.93. The monoisotopic (exact) mass is 230 g/mol. The predicted octanol–water partition coefficient (Wildman–Crippen LogP) is 2.22. The Morgan fingerprint density at radius 2 is 2.27 bits per heavy atom. The first-order chi connectivity index (χ1) is 7.31. The highest BCUT2D eigenvalue weighted by Crippen LogP contribution is 2.08. The van der Waals surface area contributed by atoms with Gasteiger partial charge in [-0.3, -0.25) is 0 Å². The topological polar surface area (TPSA) is 18.5 Å². The molecule has 0 bridgehead atoms. The van der Waals surface area contributed by atoms with E-state index in [1.165, 1.54) is 42.3 Å². The Morgan fingerprint density at radius 3 is 2.67 bits per heavy atom. The fourth-order valence-corrected chi connectivity index (χ4v) is 2.03. The van der Waals surface area contributed by atoms with Crippen molar-refractivity contribution in [3.63, 3.8) is 0 Å². The van der Waals surface area contributed by atoms with Gasteiger partial charge < -0.3 is 9.47 Å². The fraction of sp³-hybridized carbons (Fsp3) is 0.833. The summed E-state index contributed by atoms with van der Waals surface area (Å²) in [5.74, 6) is 0. The first-order valence-corrected chi connectivity index (χ1v) is 7.26. The molecule has 3 heteroatoms. The van der Waals surface area contributed by atoms with Gasteiger partial charge in [-0.1, -0.05) is 13.3 Å². The van der Waals surface area contributed by atoms with E-state index < -0.39 is 0 Å². The van der Waals surface area contributed by atoms with Crippen LogP contribution in [0.2, 0.25) is 0 Å². The number of hydrogen-bond acceptors (Lipinski definition) is 2. The van der Waals surface area contributed by atoms with Gasteiger partial charge in [-0.2, -0.15) is 0 Å². The van der Waals surface area contributed by atoms with E-state index in [-0.39, 0.29) is 0 Å². The van der Waals surface area contributed by atoms with E-state index in [0.717, 1.165) is 13.0 Å². The van der Waals surface area contributed by atoms with Crippen molar-refractivity contribution in [3.8, 4) is 0 Å². The zero-order valence-electron chi connectivity index (χ0n) is 10.5. The number of methoxy groups -OCH3 is 1. The van der Waals surface area contributed by atoms with Crippen LogP contribution >= 0.6 is 0 Å². The molecule has 1 saturated heterocycles. The van der Waals surface area contributed by atoms with Gasteiger partial charge in [0, 0.05) is 22.6 Å². The molecule has 15 heavy (non-hydrogen) atoms. The minimum Gasteiger partial charge on any atom is -0.505 e. The Morgan fingerprint density at radius 1 is 1.47 bits per heavy atom. The first-order valence-electron chi connectivity index (χ1n) is 6.10. The molecule has 1 rings (SSSR count). The standard InChI is InChI=1S/C7H14O.C5H12OSi/c1-3-4-5-6-7-8-2;7-5-3-1-2-4-6-5/h6-7H,3-5H2,1-2H3;5H,1-4H2,7H3. The molecule has 1 fully saturated rings. The number of unbranched alkanes of at least 4 members (excludes halogenated alkanes) is 2. The van der Waals surface area contributed by atoms with Crippen molar-refractivity contribution in [2.75, 3.05) is 13.7 Å². The average Bonchev–Trinajstić information content (AvgIpc) is 2.27. The number of allylic oxidation sites excluding steroid dienone is 1. The lowest BCUT2D eigenvalue weighted by Crippen LogP contribution is -2.18. The highest BCUT2D eigenvalue weighted by molar-refractivity contribution is 6.10. The molecule has 1 heterocycles. The maximum absolute atomic E-state index is 5.34. The third-order valence-electron chi connectivity index (χ3n) is 2.36. The van der Waals surface area contributed by atoms with Crippen molar-refractivity contribution in [3.05, 3.63) is 12.3 Å². The van der Waals surface area contributed by atoms with E-state index in [1.54, 1.807) is 13.4 Å². The van der Waals surface area contributed by atoms with E-state index in [1.807, 2.05) is 6.08 Å². The van der Waals surface area contributed by atoms with Gasteiger partial charge in [0.2, 0.25) is 0 Å². The molecule has 0 saturated carbocycles. The fourth-order valence-electron chi connectivity index (χ4n) is 1.39. The van der Waals surface area contributed by atoms with E-state index >= 15 is 0 Å². The minimum absolute atomic E-state index is 0.675. The molecule has 1 aliphatic rings. The third-order valence-corrected chi connectivity index (χ3v) is 3.27. The number of hydrogen-bond donors (Lipinski definition) is 0. The molecular weight excluding hydrogens is 204 g/mol. The van der Waals surface area contributed by atoms with Crippen LogP contribution in [0.25, 0.3) is 0 Å². The van der Waals surface area contributed by atoms with Crippen molar-refractivity contribution in [2.45, 2.75) is 51.2 Å². The van der Waals surface area contributed by atoms with Gasteiger partial charge in [-0.05, 0) is 38.2 Å². The molecule has 0 aromatic heterocycles. The van der Waals surface area contributed by atoms with Gasteiger partial charge in [0.25, 0.3) is 0 Å². The molecule has 0 amide bonds. The molecule has 2 nitrogen and oxygen atoms in total. The van der Waals surface area contributed by atoms with Crippen LogP contribution in [0.1, 0.15) is 45.4 Å². The summed E-state index contributed by atoms with van der Waals surface area (Å²) in [5.41, 5.74) is 0.675. The zero-order valence-corrected chi connectivity index (χ0v) is 12.5. The molecule has 0 N–H and O–H groups in total. The van der Waals surface area contributed by atoms with Gasteiger partial charge in [0.1, 0.15) is 0 Å². The lowest BCUT2D eigenvalue weighted by Gasteiger charge is -2.17. The Kier molecular flexibility index (Phi) is 11.6. The Labute approximate surface area is 97.5 Å². The highest BCUT2D eigenvalue weighted by Gasteiger charge is 2.05. The molecule has 0 spiro atoms. The summed E-state index contributed by atoms with van der Waals surface area (Å²) in [5, 5.41) is 0. The van der Waals surface area contributed by atoms with Crippen molar-refractivity contribution in [1.29, 1.82) is 0 Å². The molecule has 0 aromatic carbocycles. The van der Waals surface area contributed by atoms with E-state index in [9.17, 15) is 0 Å². The maximum Gasteiger partial charge on any atom is 0.0784 e. The minimum atomic E-state index is 0.675. The lowest BCUT2D eigenvalue weighted by molar-refractivity contribution is 0.0675. The largest absolute Gasteiger partial charge is 0.505 e. The Balaban J connectivity index is 0.000000262. The zero-order chi connectivity index (χ0) is 11.4. The highest BCUT2D eigenvalue weighted by atomic mass is 28.1. The summed E-state index contributed by atoms with van der Waals surface area (Å²) in [6.45, 7) is 3.20. The summed E-state index contributed by atoms with van der Waals surface area (Å²) in [6.07, 6.45) is 11.5. The molecule has 90 valence electrons. The van der Waals surface area contributed by atoms with Gasteiger partial charge in [-0.15, -0.1) is 0 Å². The molecular formula is C12H26O2Si. The van der Waals surface area contributed by atoms with Crippen LogP contribution in [0.4, 0.5) is 0 Å². The average molecular weight is 230 g/mol. The van der Waals surface area contributed by atoms with E-state index in [2.05, 4.69) is 6.92 Å². The molecule has 0 radical (unpaired) electrons. The first kappa shape index (κ1) is 14.7. The van der Waals surface area contributed by atoms with E-state index in [4.69, 9.17) is 9.47 Å². The second kappa shape index (κ2) is 11.8. The van der Waals surface area contributed by atoms with Crippen LogP contribution < -0.4 is 0 Å². The van der Waals surface area contributed by atoms with Crippen LogP contribution in [0.3, 0.4) is 0 Å². The Hall–Kier alpha value is -0.283. The van der Waals surface area contributed by atoms with Crippen LogP contribution in [0.15, 0.2) is 12.3 Å². The third kappa shape index (κ3) is 11.6. The van der Waals surface area contributed by atoms with Gasteiger partial charge >= 0.3 is 0 Å². The normalized spacial score (nSPS) is 21.1. The summed E-state index contributed by atoms with van der Waals surface area (Å²) in [4.78, 5) is 0. The smallest absolute Gasteiger partial charge is 0.0784 e. The van der Waals surface area contributed by atoms with Crippen molar-refractivity contribution >= 4 is 10.2 Å². The molecule has 0 aliphatic carbocycles. The molecule has 0 aromatic rings. The van der Waals surface area contributed by atoms with Gasteiger partial charge in [0.05, 0.1) is 13.4 Å². The van der Waals surface area contributed by atoms with Crippen molar-refractivity contribution < 1.29 is 9.47 Å². The predicted molar refractivity (Wildman–Crippen MR) is 69.2 cm³/mol. The van der Waals surface area contributed by atoms with E-state index in [0.29, 0.717) is 5.73 Å². The van der Waals surface area contributed by atoms with Crippen LogP contribution in [0.5, 0.6) is 0 Å². The quantitative estimate of drug-likeness (QED) is 0.419. The molecule has 1 unspecified atom stereocenters. The Bertz CT molecular complexity index is 143. The summed E-state index contributed by atoms with van der Waals surface area (Å²) in [7, 11) is 2.90. The van der Waals surface area contributed by atoms with Crippen LogP contribution in [-0.2, 0) is 9.47 Å². The number of ether oxygens (including phenoxy) is 2. The SMILES string of the molecule is CCCCC=COC.[SiH3]C1CCCCO1. The summed E-state index contributed by atoms with van der Waals surface area (Å²) < 4.78 is 10.0. The number of rotatable bonds is 4. The van der Waals surface area contributed by atoms with Crippen LogP contribution in [-0.4, -0.2) is 29.7 Å². The van der Waals surface area contributed by atoms with Gasteiger partial charge in [0.15, 0.2) is 0 Å². The summed E-state index contributed by atoms with van der Waals surface area (Å²) in [6, 6.07) is 0. The molecule has 1 aliphatic heterocycles. The molecule has 1 atom stereocenters. The van der Waals surface area contributed by atoms with Crippen molar-refractivity contribution in [2.24, 2.45) is 0 Å². The van der Waals surface area contributed by atoms with Gasteiger partial charge in [-0.25, -0.2) is 0 Å². The maximum atomic E-state index is 5.34. The summed E-state index contributed by atoms with van der Waals surface area (Å²) >= 11 is 0. The lowest BCUT2D eigenvalue weighted by atomic mass is 10.2. The van der Waals surface area contributed by atoms with Crippen molar-refractivity contribution in [1.82, 2.24) is 0 Å². The van der Waals surface area contributed by atoms with Crippen LogP contribution in [0, 0.1) is 0 Å². The second-order valence-corrected chi connectivity index (χ2v) is 5.21.